The second-order valence-corrected chi connectivity index (χ2v) is 7.30. The molecule has 0 saturated heterocycles. The summed E-state index contributed by atoms with van der Waals surface area (Å²) in [5.41, 5.74) is 3.69. The van der Waals surface area contributed by atoms with E-state index in [4.69, 9.17) is 9.47 Å². The molecule has 1 N–H and O–H groups in total. The Morgan fingerprint density at radius 1 is 0.968 bits per heavy atom. The zero-order chi connectivity index (χ0) is 21.6. The Bertz CT molecular complexity index is 1080. The van der Waals surface area contributed by atoms with Crippen LogP contribution in [0.15, 0.2) is 72.8 Å². The fourth-order valence-corrected chi connectivity index (χ4v) is 3.66. The summed E-state index contributed by atoms with van der Waals surface area (Å²) in [4.78, 5) is 26.7. The second-order valence-electron chi connectivity index (χ2n) is 7.30. The van der Waals surface area contributed by atoms with E-state index < -0.39 is 0 Å². The summed E-state index contributed by atoms with van der Waals surface area (Å²) in [6.07, 6.45) is 1.11. The maximum Gasteiger partial charge on any atom is 0.262 e. The zero-order valence-electron chi connectivity index (χ0n) is 17.3. The lowest BCUT2D eigenvalue weighted by Gasteiger charge is -2.30. The summed E-state index contributed by atoms with van der Waals surface area (Å²) in [6.45, 7) is 0.404. The van der Waals surface area contributed by atoms with Crippen molar-refractivity contribution in [2.24, 2.45) is 0 Å². The van der Waals surface area contributed by atoms with Crippen molar-refractivity contribution >= 4 is 23.2 Å². The van der Waals surface area contributed by atoms with Crippen molar-refractivity contribution in [1.82, 2.24) is 0 Å². The van der Waals surface area contributed by atoms with Crippen molar-refractivity contribution in [1.29, 1.82) is 0 Å². The van der Waals surface area contributed by atoms with Crippen LogP contribution in [0.25, 0.3) is 0 Å². The van der Waals surface area contributed by atoms with E-state index in [-0.39, 0.29) is 18.4 Å². The molecule has 0 bridgehead atoms. The van der Waals surface area contributed by atoms with Crippen molar-refractivity contribution < 1.29 is 19.1 Å². The molecule has 0 radical (unpaired) electrons. The lowest BCUT2D eigenvalue weighted by Crippen LogP contribution is -2.34. The number of anilines is 2. The van der Waals surface area contributed by atoms with Crippen LogP contribution in [0.5, 0.6) is 11.5 Å². The monoisotopic (exact) mass is 416 g/mol. The average molecular weight is 416 g/mol. The Balaban J connectivity index is 1.43. The molecule has 1 heterocycles. The first-order valence-corrected chi connectivity index (χ1v) is 10.2. The molecular formula is C25H24N2O4. The molecule has 2 amide bonds. The molecule has 1 aliphatic heterocycles. The van der Waals surface area contributed by atoms with E-state index in [1.807, 2.05) is 65.6 Å². The van der Waals surface area contributed by atoms with Gasteiger partial charge in [0.25, 0.3) is 5.91 Å². The van der Waals surface area contributed by atoms with Crippen LogP contribution < -0.4 is 19.7 Å². The number of hydrogen-bond acceptors (Lipinski definition) is 4. The van der Waals surface area contributed by atoms with Crippen LogP contribution in [0.3, 0.4) is 0 Å². The standard InChI is InChI=1S/C25H24N2O4/c1-30-22-9-5-6-10-23(22)31-17-24(28)26-20-12-13-21-19(15-20)11-14-25(29)27(21)16-18-7-3-2-4-8-18/h2-10,12-13,15H,11,14,16-17H2,1H3,(H,26,28). The number of carbonyl (C=O) groups is 2. The molecule has 6 heteroatoms. The SMILES string of the molecule is COc1ccccc1OCC(=O)Nc1ccc2c(c1)CCC(=O)N2Cc1ccccc1. The number of fused-ring (bicyclic) bond motifs is 1. The highest BCUT2D eigenvalue weighted by molar-refractivity contribution is 5.97. The first-order valence-electron chi connectivity index (χ1n) is 10.2. The topological polar surface area (TPSA) is 67.9 Å². The van der Waals surface area contributed by atoms with Crippen molar-refractivity contribution in [2.45, 2.75) is 19.4 Å². The van der Waals surface area contributed by atoms with Crippen molar-refractivity contribution in [3.8, 4) is 11.5 Å². The van der Waals surface area contributed by atoms with Crippen LogP contribution in [0, 0.1) is 0 Å². The molecule has 3 aromatic rings. The minimum Gasteiger partial charge on any atom is -0.493 e. The van der Waals surface area contributed by atoms with Gasteiger partial charge in [0.1, 0.15) is 0 Å². The van der Waals surface area contributed by atoms with Crippen LogP contribution in [0.1, 0.15) is 17.5 Å². The Kier molecular flexibility index (Phi) is 6.17. The third-order valence-electron chi connectivity index (χ3n) is 5.17. The largest absolute Gasteiger partial charge is 0.493 e. The van der Waals surface area contributed by atoms with Gasteiger partial charge < -0.3 is 19.7 Å². The lowest BCUT2D eigenvalue weighted by atomic mass is 9.99. The summed E-state index contributed by atoms with van der Waals surface area (Å²) in [6, 6.07) is 22.8. The van der Waals surface area contributed by atoms with Crippen molar-refractivity contribution in [2.75, 3.05) is 23.9 Å². The van der Waals surface area contributed by atoms with Gasteiger partial charge in [-0.1, -0.05) is 42.5 Å². The molecule has 1 aliphatic rings. The molecule has 3 aromatic carbocycles. The molecule has 0 unspecified atom stereocenters. The number of hydrogen-bond donors (Lipinski definition) is 1. The Morgan fingerprint density at radius 3 is 2.48 bits per heavy atom. The average Bonchev–Trinajstić information content (AvgIpc) is 2.80. The molecule has 6 nitrogen and oxygen atoms in total. The van der Waals surface area contributed by atoms with Crippen LogP contribution in [0.2, 0.25) is 0 Å². The van der Waals surface area contributed by atoms with Crippen molar-refractivity contribution in [3.05, 3.63) is 83.9 Å². The zero-order valence-corrected chi connectivity index (χ0v) is 17.3. The number of amides is 2. The van der Waals surface area contributed by atoms with Gasteiger partial charge in [-0.2, -0.15) is 0 Å². The predicted molar refractivity (Wildman–Crippen MR) is 120 cm³/mol. The number of nitrogens with zero attached hydrogens (tertiary/aromatic N) is 1. The third kappa shape index (κ3) is 4.86. The molecule has 4 rings (SSSR count). The summed E-state index contributed by atoms with van der Waals surface area (Å²) in [7, 11) is 1.56. The van der Waals surface area contributed by atoms with Gasteiger partial charge in [-0.15, -0.1) is 0 Å². The molecule has 31 heavy (non-hydrogen) atoms. The maximum atomic E-state index is 12.5. The fourth-order valence-electron chi connectivity index (χ4n) is 3.66. The summed E-state index contributed by atoms with van der Waals surface area (Å²) >= 11 is 0. The van der Waals surface area contributed by atoms with Crippen LogP contribution in [0.4, 0.5) is 11.4 Å². The second kappa shape index (κ2) is 9.34. The first kappa shape index (κ1) is 20.5. The lowest BCUT2D eigenvalue weighted by molar-refractivity contribution is -0.119. The highest BCUT2D eigenvalue weighted by Crippen LogP contribution is 2.31. The molecule has 0 fully saturated rings. The van der Waals surface area contributed by atoms with Gasteiger partial charge in [-0.3, -0.25) is 9.59 Å². The summed E-state index contributed by atoms with van der Waals surface area (Å²) < 4.78 is 10.8. The normalized spacial score (nSPS) is 12.8. The molecule has 0 aromatic heterocycles. The number of para-hydroxylation sites is 2. The van der Waals surface area contributed by atoms with Gasteiger partial charge in [0.2, 0.25) is 5.91 Å². The maximum absolute atomic E-state index is 12.5. The molecule has 0 aliphatic carbocycles. The van der Waals surface area contributed by atoms with Gasteiger partial charge in [-0.05, 0) is 47.9 Å². The number of rotatable bonds is 7. The van der Waals surface area contributed by atoms with Gasteiger partial charge in [-0.25, -0.2) is 0 Å². The van der Waals surface area contributed by atoms with Gasteiger partial charge >= 0.3 is 0 Å². The molecule has 0 atom stereocenters. The van der Waals surface area contributed by atoms with E-state index >= 15 is 0 Å². The van der Waals surface area contributed by atoms with Gasteiger partial charge in [0.05, 0.1) is 13.7 Å². The molecule has 158 valence electrons. The van der Waals surface area contributed by atoms with Crippen LogP contribution in [-0.2, 0) is 22.6 Å². The quantitative estimate of drug-likeness (QED) is 0.627. The van der Waals surface area contributed by atoms with Crippen LogP contribution >= 0.6 is 0 Å². The number of aryl methyl sites for hydroxylation is 1. The molecular weight excluding hydrogens is 392 g/mol. The minimum absolute atomic E-state index is 0.110. The Hall–Kier alpha value is -3.80. The fraction of sp³-hybridized carbons (Fsp3) is 0.200. The van der Waals surface area contributed by atoms with Crippen LogP contribution in [-0.4, -0.2) is 25.5 Å². The highest BCUT2D eigenvalue weighted by Gasteiger charge is 2.24. The predicted octanol–water partition coefficient (Wildman–Crippen LogP) is 4.19. The van der Waals surface area contributed by atoms with Gasteiger partial charge in [0.15, 0.2) is 18.1 Å². The number of nitrogens with one attached hydrogen (secondary N) is 1. The van der Waals surface area contributed by atoms with Crippen molar-refractivity contribution in [3.63, 3.8) is 0 Å². The smallest absolute Gasteiger partial charge is 0.262 e. The van der Waals surface area contributed by atoms with E-state index in [9.17, 15) is 9.59 Å². The van der Waals surface area contributed by atoms with E-state index in [2.05, 4.69) is 5.32 Å². The first-order chi connectivity index (χ1) is 15.1. The summed E-state index contributed by atoms with van der Waals surface area (Å²) in [5.74, 6) is 0.935. The number of ether oxygens (including phenoxy) is 2. The van der Waals surface area contributed by atoms with E-state index in [0.29, 0.717) is 36.6 Å². The number of benzene rings is 3. The third-order valence-corrected chi connectivity index (χ3v) is 5.17. The van der Waals surface area contributed by atoms with E-state index in [0.717, 1.165) is 16.8 Å². The van der Waals surface area contributed by atoms with E-state index in [1.54, 1.807) is 19.2 Å². The Morgan fingerprint density at radius 2 is 1.71 bits per heavy atom. The van der Waals surface area contributed by atoms with E-state index in [1.165, 1.54) is 0 Å². The highest BCUT2D eigenvalue weighted by atomic mass is 16.5. The summed E-state index contributed by atoms with van der Waals surface area (Å²) in [5, 5.41) is 2.87. The van der Waals surface area contributed by atoms with Gasteiger partial charge in [0, 0.05) is 17.8 Å². The minimum atomic E-state index is -0.265. The number of methoxy groups -OCH3 is 1. The Labute approximate surface area is 181 Å². The number of carbonyl (C=O) groups excluding carboxylic acids is 2. The molecule has 0 saturated carbocycles. The molecule has 0 spiro atoms.